The molecule has 39 heavy (non-hydrogen) atoms. The van der Waals surface area contributed by atoms with E-state index < -0.39 is 21.3 Å². The lowest BCUT2D eigenvalue weighted by atomic mass is 10.2. The van der Waals surface area contributed by atoms with Crippen molar-refractivity contribution in [2.75, 3.05) is 19.8 Å². The molecule has 2 amide bonds. The Morgan fingerprint density at radius 3 is 2.38 bits per heavy atom. The van der Waals surface area contributed by atoms with Crippen molar-refractivity contribution >= 4 is 73.3 Å². The third-order valence-corrected chi connectivity index (χ3v) is 8.60. The normalized spacial score (nSPS) is 14.7. The Hall–Kier alpha value is -2.74. The number of thioether (sulfide) groups is 1. The molecule has 0 bridgehead atoms. The van der Waals surface area contributed by atoms with Crippen LogP contribution in [0.4, 0.5) is 4.79 Å². The zero-order valence-electron chi connectivity index (χ0n) is 20.8. The molecule has 3 aromatic rings. The highest BCUT2D eigenvalue weighted by Gasteiger charge is 2.35. The first-order chi connectivity index (χ1) is 18.6. The van der Waals surface area contributed by atoms with Gasteiger partial charge in [-0.3, -0.25) is 14.5 Å². The van der Waals surface area contributed by atoms with Gasteiger partial charge in [0.1, 0.15) is 17.3 Å². The van der Waals surface area contributed by atoms with Crippen molar-refractivity contribution in [2.24, 2.45) is 0 Å². The number of carbonyl (C=O) groups excluding carboxylic acids is 2. The van der Waals surface area contributed by atoms with Crippen molar-refractivity contribution < 1.29 is 31.7 Å². The number of amides is 2. The Bertz CT molecular complexity index is 1520. The molecule has 1 heterocycles. The van der Waals surface area contributed by atoms with Crippen LogP contribution in [0.3, 0.4) is 0 Å². The molecule has 0 unspecified atom stereocenters. The smallest absolute Gasteiger partial charge is 0.339 e. The first-order valence-corrected chi connectivity index (χ1v) is 15.4. The van der Waals surface area contributed by atoms with E-state index >= 15 is 0 Å². The van der Waals surface area contributed by atoms with Crippen LogP contribution in [-0.2, 0) is 14.9 Å². The van der Waals surface area contributed by atoms with Crippen LogP contribution in [-0.4, -0.2) is 44.2 Å². The molecule has 0 saturated carbocycles. The van der Waals surface area contributed by atoms with Gasteiger partial charge in [0.05, 0.1) is 21.6 Å². The van der Waals surface area contributed by atoms with Gasteiger partial charge in [0.25, 0.3) is 11.1 Å². The lowest BCUT2D eigenvalue weighted by molar-refractivity contribution is -0.123. The molecule has 8 nitrogen and oxygen atoms in total. The zero-order chi connectivity index (χ0) is 28.2. The number of carbonyl (C=O) groups is 2. The van der Waals surface area contributed by atoms with Crippen LogP contribution in [0.15, 0.2) is 70.5 Å². The van der Waals surface area contributed by atoms with Gasteiger partial charge >= 0.3 is 10.1 Å². The molecular formula is C27H23ClINO7S2. The molecule has 4 rings (SSSR count). The van der Waals surface area contributed by atoms with Crippen LogP contribution >= 0.6 is 46.0 Å². The molecule has 12 heteroatoms. The van der Waals surface area contributed by atoms with Gasteiger partial charge in [-0.1, -0.05) is 29.3 Å². The highest BCUT2D eigenvalue weighted by Crippen LogP contribution is 2.39. The van der Waals surface area contributed by atoms with Crippen molar-refractivity contribution in [3.8, 4) is 17.2 Å². The number of hydrogen-bond donors (Lipinski definition) is 0. The summed E-state index contributed by atoms with van der Waals surface area (Å²) in [6.45, 7) is 4.08. The summed E-state index contributed by atoms with van der Waals surface area (Å²) in [6.07, 6.45) is 1.56. The number of imide groups is 1. The molecule has 0 aliphatic carbocycles. The maximum absolute atomic E-state index is 12.9. The summed E-state index contributed by atoms with van der Waals surface area (Å²) in [7, 11) is -4.11. The van der Waals surface area contributed by atoms with E-state index in [1.54, 1.807) is 61.5 Å². The minimum absolute atomic E-state index is 0.0177. The third-order valence-electron chi connectivity index (χ3n) is 5.40. The quantitative estimate of drug-likeness (QED) is 0.134. The van der Waals surface area contributed by atoms with Crippen LogP contribution in [0, 0.1) is 10.5 Å². The summed E-state index contributed by atoms with van der Waals surface area (Å²) in [4.78, 5) is 26.8. The van der Waals surface area contributed by atoms with E-state index in [1.165, 1.54) is 12.1 Å². The fraction of sp³-hybridized carbons (Fsp3) is 0.185. The van der Waals surface area contributed by atoms with Crippen LogP contribution in [0.25, 0.3) is 6.08 Å². The minimum atomic E-state index is -4.11. The minimum Gasteiger partial charge on any atom is -0.492 e. The Morgan fingerprint density at radius 1 is 1.03 bits per heavy atom. The van der Waals surface area contributed by atoms with Crippen LogP contribution < -0.4 is 13.7 Å². The van der Waals surface area contributed by atoms with Gasteiger partial charge in [-0.25, -0.2) is 0 Å². The molecule has 1 aliphatic rings. The fourth-order valence-electron chi connectivity index (χ4n) is 3.51. The van der Waals surface area contributed by atoms with Gasteiger partial charge < -0.3 is 13.7 Å². The number of rotatable bonds is 10. The van der Waals surface area contributed by atoms with Gasteiger partial charge in [-0.05, 0) is 108 Å². The van der Waals surface area contributed by atoms with E-state index in [2.05, 4.69) is 0 Å². The van der Waals surface area contributed by atoms with Gasteiger partial charge in [-0.15, -0.1) is 0 Å². The number of benzene rings is 3. The second-order valence-electron chi connectivity index (χ2n) is 8.25. The molecule has 3 aromatic carbocycles. The second-order valence-corrected chi connectivity index (χ2v) is 12.4. The molecule has 0 radical (unpaired) electrons. The maximum Gasteiger partial charge on any atom is 0.339 e. The van der Waals surface area contributed by atoms with Gasteiger partial charge in [0.2, 0.25) is 0 Å². The van der Waals surface area contributed by atoms with E-state index in [-0.39, 0.29) is 41.1 Å². The number of nitrogens with zero attached hydrogens (tertiary/aromatic N) is 1. The first kappa shape index (κ1) is 29.2. The zero-order valence-corrected chi connectivity index (χ0v) is 25.4. The summed E-state index contributed by atoms with van der Waals surface area (Å²) in [5.74, 6) is 0.371. The largest absolute Gasteiger partial charge is 0.492 e. The standard InChI is InChI=1S/C27H23ClINO7S2/c1-3-35-23-15-18(14-22(29)25(23)37-39(33,34)21-10-4-17(2)5-11-21)16-24-26(31)30(27(32)38-24)12-13-36-20-8-6-19(28)7-9-20/h4-11,14-16H,3,12-13H2,1-2H3/b24-16-. The lowest BCUT2D eigenvalue weighted by Crippen LogP contribution is -2.32. The summed E-state index contributed by atoms with van der Waals surface area (Å²) < 4.78 is 43.0. The monoisotopic (exact) mass is 699 g/mol. The fourth-order valence-corrected chi connectivity index (χ4v) is 6.34. The predicted octanol–water partition coefficient (Wildman–Crippen LogP) is 6.53. The van der Waals surface area contributed by atoms with Crippen molar-refractivity contribution in [1.82, 2.24) is 4.90 Å². The van der Waals surface area contributed by atoms with E-state index in [4.69, 9.17) is 25.3 Å². The lowest BCUT2D eigenvalue weighted by Gasteiger charge is -2.15. The average Bonchev–Trinajstić information content (AvgIpc) is 3.15. The van der Waals surface area contributed by atoms with Crippen LogP contribution in [0.5, 0.6) is 17.2 Å². The van der Waals surface area contributed by atoms with Crippen molar-refractivity contribution in [1.29, 1.82) is 0 Å². The first-order valence-electron chi connectivity index (χ1n) is 11.7. The van der Waals surface area contributed by atoms with Crippen molar-refractivity contribution in [2.45, 2.75) is 18.7 Å². The summed E-state index contributed by atoms with van der Waals surface area (Å²) >= 11 is 8.64. The van der Waals surface area contributed by atoms with Gasteiger partial charge in [0, 0.05) is 5.02 Å². The van der Waals surface area contributed by atoms with Crippen LogP contribution in [0.1, 0.15) is 18.1 Å². The van der Waals surface area contributed by atoms with Crippen LogP contribution in [0.2, 0.25) is 5.02 Å². The van der Waals surface area contributed by atoms with E-state index in [9.17, 15) is 18.0 Å². The molecule has 1 saturated heterocycles. The molecule has 204 valence electrons. The van der Waals surface area contributed by atoms with E-state index in [0.717, 1.165) is 22.2 Å². The SMILES string of the molecule is CCOc1cc(/C=C2\SC(=O)N(CCOc3ccc(Cl)cc3)C2=O)cc(I)c1OS(=O)(=O)c1ccc(C)cc1. The number of aryl methyl sites for hydroxylation is 1. The summed E-state index contributed by atoms with van der Waals surface area (Å²) in [5, 5.41) is 0.169. The molecular weight excluding hydrogens is 677 g/mol. The highest BCUT2D eigenvalue weighted by molar-refractivity contribution is 14.1. The molecule has 1 aliphatic heterocycles. The van der Waals surface area contributed by atoms with Gasteiger partial charge in [-0.2, -0.15) is 8.42 Å². The second kappa shape index (κ2) is 12.6. The summed E-state index contributed by atoms with van der Waals surface area (Å²) in [6, 6.07) is 16.3. The average molecular weight is 700 g/mol. The molecule has 1 fully saturated rings. The van der Waals surface area contributed by atoms with Crippen molar-refractivity contribution in [3.63, 3.8) is 0 Å². The maximum atomic E-state index is 12.9. The van der Waals surface area contributed by atoms with E-state index in [0.29, 0.717) is 19.9 Å². The molecule has 0 atom stereocenters. The third kappa shape index (κ3) is 7.27. The molecule has 0 aromatic heterocycles. The highest BCUT2D eigenvalue weighted by atomic mass is 127. The Labute approximate surface area is 249 Å². The molecule has 0 spiro atoms. The number of halogens is 2. The molecule has 0 N–H and O–H groups in total. The number of ether oxygens (including phenoxy) is 2. The number of hydrogen-bond acceptors (Lipinski definition) is 8. The Balaban J connectivity index is 1.52. The predicted molar refractivity (Wildman–Crippen MR) is 159 cm³/mol. The Kier molecular flexibility index (Phi) is 9.47. The van der Waals surface area contributed by atoms with Crippen molar-refractivity contribution in [3.05, 3.63) is 85.3 Å². The summed E-state index contributed by atoms with van der Waals surface area (Å²) in [5.41, 5.74) is 1.47. The van der Waals surface area contributed by atoms with E-state index in [1.807, 2.05) is 29.5 Å². The topological polar surface area (TPSA) is 99.2 Å². The van der Waals surface area contributed by atoms with Gasteiger partial charge in [0.15, 0.2) is 11.5 Å². The Morgan fingerprint density at radius 2 is 1.72 bits per heavy atom.